The quantitative estimate of drug-likeness (QED) is 0.720. The van der Waals surface area contributed by atoms with Crippen molar-refractivity contribution in [1.82, 2.24) is 24.5 Å². The smallest absolute Gasteiger partial charge is 0.257 e. The van der Waals surface area contributed by atoms with E-state index in [0.717, 1.165) is 11.2 Å². The first-order valence-electron chi connectivity index (χ1n) is 8.53. The normalized spacial score (nSPS) is 20.6. The third-order valence-corrected chi connectivity index (χ3v) is 5.02. The van der Waals surface area contributed by atoms with Gasteiger partial charge in [-0.05, 0) is 30.4 Å². The van der Waals surface area contributed by atoms with Crippen molar-refractivity contribution in [2.24, 2.45) is 13.0 Å². The lowest BCUT2D eigenvalue weighted by Gasteiger charge is -2.38. The average molecular weight is 355 g/mol. The molecule has 3 aromatic rings. The molecule has 3 aromatic heterocycles. The largest absolute Gasteiger partial charge is 0.495 e. The maximum atomic E-state index is 12.9. The first kappa shape index (κ1) is 16.6. The molecule has 2 N–H and O–H groups in total. The highest BCUT2D eigenvalue weighted by Crippen LogP contribution is 2.38. The second-order valence-electron chi connectivity index (χ2n) is 6.73. The SMILES string of the molecule is COc1cncc([C@@H](NC(=O)c2cnn3ccn(C)c23)C2CC(O)C2)c1. The molecule has 0 radical (unpaired) electrons. The summed E-state index contributed by atoms with van der Waals surface area (Å²) in [5.74, 6) is 0.593. The summed E-state index contributed by atoms with van der Waals surface area (Å²) in [6.45, 7) is 0. The monoisotopic (exact) mass is 355 g/mol. The number of imidazole rings is 1. The Morgan fingerprint density at radius 2 is 2.15 bits per heavy atom. The molecule has 4 rings (SSSR count). The highest BCUT2D eigenvalue weighted by molar-refractivity contribution is 6.00. The molecule has 0 saturated heterocycles. The number of fused-ring (bicyclic) bond motifs is 1. The van der Waals surface area contributed by atoms with Crippen LogP contribution in [-0.4, -0.2) is 43.4 Å². The van der Waals surface area contributed by atoms with Crippen LogP contribution in [0.2, 0.25) is 0 Å². The van der Waals surface area contributed by atoms with Crippen LogP contribution in [0.25, 0.3) is 5.65 Å². The van der Waals surface area contributed by atoms with Gasteiger partial charge in [0.1, 0.15) is 17.0 Å². The zero-order valence-electron chi connectivity index (χ0n) is 14.7. The molecule has 1 atom stereocenters. The predicted octanol–water partition coefficient (Wildman–Crippen LogP) is 1.32. The molecule has 0 aromatic carbocycles. The number of carbonyl (C=O) groups excluding carboxylic acids is 1. The van der Waals surface area contributed by atoms with Gasteiger partial charge in [-0.2, -0.15) is 5.10 Å². The van der Waals surface area contributed by atoms with Gasteiger partial charge < -0.3 is 19.7 Å². The second kappa shape index (κ2) is 6.45. The Bertz CT molecular complexity index is 941. The molecule has 0 unspecified atom stereocenters. The fourth-order valence-corrected chi connectivity index (χ4v) is 3.52. The van der Waals surface area contributed by atoms with Crippen molar-refractivity contribution in [3.63, 3.8) is 0 Å². The molecule has 1 amide bonds. The van der Waals surface area contributed by atoms with E-state index in [1.165, 1.54) is 0 Å². The van der Waals surface area contributed by atoms with E-state index >= 15 is 0 Å². The minimum absolute atomic E-state index is 0.155. The molecule has 3 heterocycles. The van der Waals surface area contributed by atoms with Crippen LogP contribution < -0.4 is 10.1 Å². The number of nitrogens with one attached hydrogen (secondary N) is 1. The van der Waals surface area contributed by atoms with E-state index in [1.54, 1.807) is 36.4 Å². The molecule has 0 bridgehead atoms. The zero-order chi connectivity index (χ0) is 18.3. The van der Waals surface area contributed by atoms with Gasteiger partial charge in [0.2, 0.25) is 0 Å². The number of ether oxygens (including phenoxy) is 1. The molecule has 8 nitrogen and oxygen atoms in total. The minimum atomic E-state index is -0.311. The number of nitrogens with zero attached hydrogens (tertiary/aromatic N) is 4. The molecule has 0 spiro atoms. The standard InChI is InChI=1S/C18H21N5O3/c1-22-3-4-23-18(22)15(10-20-23)17(25)21-16(11-5-13(24)6-11)12-7-14(26-2)9-19-8-12/h3-4,7-11,13,16,24H,5-6H2,1-2H3,(H,21,25)/t11?,13?,16-/m0/s1. The summed E-state index contributed by atoms with van der Waals surface area (Å²) in [7, 11) is 3.46. The van der Waals surface area contributed by atoms with Crippen molar-refractivity contribution >= 4 is 11.6 Å². The lowest BCUT2D eigenvalue weighted by Crippen LogP contribution is -2.41. The van der Waals surface area contributed by atoms with Crippen LogP contribution in [0.4, 0.5) is 0 Å². The van der Waals surface area contributed by atoms with E-state index in [-0.39, 0.29) is 24.0 Å². The number of rotatable bonds is 5. The number of aromatic nitrogens is 4. The Kier molecular flexibility index (Phi) is 4.12. The van der Waals surface area contributed by atoms with Crippen LogP contribution in [0.15, 0.2) is 37.1 Å². The summed E-state index contributed by atoms with van der Waals surface area (Å²) in [6.07, 6.45) is 9.57. The highest BCUT2D eigenvalue weighted by atomic mass is 16.5. The van der Waals surface area contributed by atoms with Gasteiger partial charge in [-0.25, -0.2) is 4.52 Å². The van der Waals surface area contributed by atoms with Crippen molar-refractivity contribution in [1.29, 1.82) is 0 Å². The van der Waals surface area contributed by atoms with Crippen LogP contribution in [0.3, 0.4) is 0 Å². The lowest BCUT2D eigenvalue weighted by molar-refractivity contribution is 0.0234. The molecular formula is C18H21N5O3. The van der Waals surface area contributed by atoms with E-state index in [4.69, 9.17) is 4.74 Å². The summed E-state index contributed by atoms with van der Waals surface area (Å²) in [4.78, 5) is 17.1. The number of aliphatic hydroxyl groups is 1. The van der Waals surface area contributed by atoms with Crippen molar-refractivity contribution in [2.45, 2.75) is 25.0 Å². The van der Waals surface area contributed by atoms with Gasteiger partial charge in [-0.3, -0.25) is 9.78 Å². The van der Waals surface area contributed by atoms with Crippen LogP contribution in [-0.2, 0) is 7.05 Å². The summed E-state index contributed by atoms with van der Waals surface area (Å²) >= 11 is 0. The molecule has 1 aliphatic carbocycles. The van der Waals surface area contributed by atoms with E-state index in [2.05, 4.69) is 15.4 Å². The number of pyridine rings is 1. The van der Waals surface area contributed by atoms with Crippen LogP contribution in [0.1, 0.15) is 34.8 Å². The maximum Gasteiger partial charge on any atom is 0.257 e. The molecule has 8 heteroatoms. The van der Waals surface area contributed by atoms with Crippen molar-refractivity contribution in [2.75, 3.05) is 7.11 Å². The third-order valence-electron chi connectivity index (χ3n) is 5.02. The van der Waals surface area contributed by atoms with Gasteiger partial charge in [-0.1, -0.05) is 0 Å². The van der Waals surface area contributed by atoms with Crippen molar-refractivity contribution in [3.8, 4) is 5.75 Å². The van der Waals surface area contributed by atoms with Gasteiger partial charge in [0.15, 0.2) is 0 Å². The molecule has 1 fully saturated rings. The first-order chi connectivity index (χ1) is 12.6. The number of aliphatic hydroxyl groups excluding tert-OH is 1. The summed E-state index contributed by atoms with van der Waals surface area (Å²) in [5, 5.41) is 17.0. The van der Waals surface area contributed by atoms with Gasteiger partial charge in [0, 0.05) is 25.6 Å². The van der Waals surface area contributed by atoms with Crippen LogP contribution >= 0.6 is 0 Å². The first-order valence-corrected chi connectivity index (χ1v) is 8.53. The zero-order valence-corrected chi connectivity index (χ0v) is 14.7. The van der Waals surface area contributed by atoms with E-state index in [1.807, 2.05) is 23.9 Å². The summed E-state index contributed by atoms with van der Waals surface area (Å²) in [6, 6.07) is 1.63. The number of carbonyl (C=O) groups is 1. The van der Waals surface area contributed by atoms with Crippen molar-refractivity contribution < 1.29 is 14.6 Å². The number of methoxy groups -OCH3 is 1. The molecular weight excluding hydrogens is 334 g/mol. The number of hydrogen-bond acceptors (Lipinski definition) is 5. The maximum absolute atomic E-state index is 12.9. The Morgan fingerprint density at radius 3 is 2.88 bits per heavy atom. The van der Waals surface area contributed by atoms with Gasteiger partial charge in [0.05, 0.1) is 31.6 Å². The average Bonchev–Trinajstić information content (AvgIpc) is 3.20. The van der Waals surface area contributed by atoms with Crippen LogP contribution in [0.5, 0.6) is 5.75 Å². The Labute approximate surface area is 150 Å². The second-order valence-corrected chi connectivity index (χ2v) is 6.73. The molecule has 1 saturated carbocycles. The Hall–Kier alpha value is -2.87. The van der Waals surface area contributed by atoms with Crippen molar-refractivity contribution in [3.05, 3.63) is 48.2 Å². The lowest BCUT2D eigenvalue weighted by atomic mass is 9.75. The highest BCUT2D eigenvalue weighted by Gasteiger charge is 2.36. The van der Waals surface area contributed by atoms with Gasteiger partial charge in [-0.15, -0.1) is 0 Å². The number of amides is 1. The third kappa shape index (κ3) is 2.82. The molecule has 0 aliphatic heterocycles. The summed E-state index contributed by atoms with van der Waals surface area (Å²) in [5.41, 5.74) is 2.11. The van der Waals surface area contributed by atoms with E-state index in [9.17, 15) is 9.90 Å². The summed E-state index contributed by atoms with van der Waals surface area (Å²) < 4.78 is 8.79. The molecule has 136 valence electrons. The Morgan fingerprint density at radius 1 is 1.35 bits per heavy atom. The predicted molar refractivity (Wildman–Crippen MR) is 93.9 cm³/mol. The van der Waals surface area contributed by atoms with E-state index in [0.29, 0.717) is 24.2 Å². The topological polar surface area (TPSA) is 93.7 Å². The van der Waals surface area contributed by atoms with Gasteiger partial charge in [0.25, 0.3) is 5.91 Å². The van der Waals surface area contributed by atoms with Crippen LogP contribution in [0, 0.1) is 5.92 Å². The fourth-order valence-electron chi connectivity index (χ4n) is 3.52. The Balaban J connectivity index is 1.64. The number of aryl methyl sites for hydroxylation is 1. The van der Waals surface area contributed by atoms with Gasteiger partial charge >= 0.3 is 0 Å². The minimum Gasteiger partial charge on any atom is -0.495 e. The molecule has 26 heavy (non-hydrogen) atoms. The molecule has 1 aliphatic rings. The van der Waals surface area contributed by atoms with E-state index < -0.39 is 0 Å². The number of hydrogen-bond donors (Lipinski definition) is 2. The fraction of sp³-hybridized carbons (Fsp3) is 0.389.